The van der Waals surface area contributed by atoms with Gasteiger partial charge in [0, 0.05) is 15.0 Å². The summed E-state index contributed by atoms with van der Waals surface area (Å²) in [5.74, 6) is -0.151. The zero-order valence-electron chi connectivity index (χ0n) is 9.74. The van der Waals surface area contributed by atoms with Crippen LogP contribution in [0.5, 0.6) is 0 Å². The number of hydrogen-bond acceptors (Lipinski definition) is 4. The fourth-order valence-electron chi connectivity index (χ4n) is 1.47. The van der Waals surface area contributed by atoms with E-state index in [9.17, 15) is 4.79 Å². The van der Waals surface area contributed by atoms with Crippen LogP contribution >= 0.6 is 27.3 Å². The van der Waals surface area contributed by atoms with Gasteiger partial charge in [0.05, 0.1) is 23.3 Å². The van der Waals surface area contributed by atoms with Gasteiger partial charge >= 0.3 is 0 Å². The maximum absolute atomic E-state index is 12.0. The Kier molecular flexibility index (Phi) is 3.98. The van der Waals surface area contributed by atoms with Gasteiger partial charge in [0.1, 0.15) is 0 Å². The van der Waals surface area contributed by atoms with Crippen LogP contribution in [0, 0.1) is 6.92 Å². The Hall–Kier alpha value is -1.40. The minimum absolute atomic E-state index is 0.151. The van der Waals surface area contributed by atoms with Crippen LogP contribution in [-0.2, 0) is 6.54 Å². The molecule has 0 saturated carbocycles. The van der Waals surface area contributed by atoms with E-state index in [1.807, 2.05) is 6.92 Å². The Morgan fingerprint density at radius 3 is 3.00 bits per heavy atom. The molecule has 4 nitrogen and oxygen atoms in total. The van der Waals surface area contributed by atoms with Gasteiger partial charge in [-0.25, -0.2) is 4.98 Å². The average molecular weight is 326 g/mol. The summed E-state index contributed by atoms with van der Waals surface area (Å²) in [5, 5.41) is 2.86. The van der Waals surface area contributed by atoms with Crippen LogP contribution in [0.3, 0.4) is 0 Å². The van der Waals surface area contributed by atoms with Gasteiger partial charge in [0.25, 0.3) is 5.91 Å². The number of rotatable bonds is 3. The van der Waals surface area contributed by atoms with Gasteiger partial charge in [-0.2, -0.15) is 0 Å². The maximum Gasteiger partial charge on any atom is 0.252 e. The van der Waals surface area contributed by atoms with E-state index in [0.717, 1.165) is 15.0 Å². The first-order chi connectivity index (χ1) is 8.58. The van der Waals surface area contributed by atoms with Crippen molar-refractivity contribution in [3.63, 3.8) is 0 Å². The molecular weight excluding hydrogens is 314 g/mol. The molecule has 0 spiro atoms. The lowest BCUT2D eigenvalue weighted by Gasteiger charge is -2.07. The number of carbonyl (C=O) groups excluding carboxylic acids is 1. The van der Waals surface area contributed by atoms with Gasteiger partial charge in [0.15, 0.2) is 0 Å². The molecule has 0 aliphatic rings. The number of nitrogens with two attached hydrogens (primary N) is 1. The van der Waals surface area contributed by atoms with E-state index in [2.05, 4.69) is 26.2 Å². The molecule has 2 aromatic rings. The molecule has 0 bridgehead atoms. The SMILES string of the molecule is Cc1ncsc1CNC(=O)c1cc(N)ccc1Br. The Bertz CT molecular complexity index is 582. The normalized spacial score (nSPS) is 10.3. The predicted octanol–water partition coefficient (Wildman–Crippen LogP) is 2.73. The van der Waals surface area contributed by atoms with Gasteiger partial charge in [0.2, 0.25) is 0 Å². The van der Waals surface area contributed by atoms with E-state index in [0.29, 0.717) is 17.8 Å². The first-order valence-corrected chi connectivity index (χ1v) is 6.97. The van der Waals surface area contributed by atoms with Crippen LogP contribution < -0.4 is 11.1 Å². The number of aryl methyl sites for hydroxylation is 1. The highest BCUT2D eigenvalue weighted by Crippen LogP contribution is 2.20. The quantitative estimate of drug-likeness (QED) is 0.852. The van der Waals surface area contributed by atoms with E-state index >= 15 is 0 Å². The van der Waals surface area contributed by atoms with Gasteiger partial charge in [-0.1, -0.05) is 0 Å². The van der Waals surface area contributed by atoms with Crippen molar-refractivity contribution in [2.75, 3.05) is 5.73 Å². The smallest absolute Gasteiger partial charge is 0.252 e. The average Bonchev–Trinajstić information content (AvgIpc) is 2.75. The molecule has 18 heavy (non-hydrogen) atoms. The molecule has 94 valence electrons. The summed E-state index contributed by atoms with van der Waals surface area (Å²) in [6, 6.07) is 5.16. The molecule has 0 aliphatic heterocycles. The predicted molar refractivity (Wildman–Crippen MR) is 76.6 cm³/mol. The Morgan fingerprint density at radius 2 is 2.33 bits per heavy atom. The summed E-state index contributed by atoms with van der Waals surface area (Å²) in [6.07, 6.45) is 0. The maximum atomic E-state index is 12.0. The lowest BCUT2D eigenvalue weighted by atomic mass is 10.2. The number of nitrogens with one attached hydrogen (secondary N) is 1. The second-order valence-corrected chi connectivity index (χ2v) is 5.58. The molecule has 1 aromatic carbocycles. The van der Waals surface area contributed by atoms with Gasteiger partial charge < -0.3 is 11.1 Å². The number of nitrogens with zero attached hydrogens (tertiary/aromatic N) is 1. The highest BCUT2D eigenvalue weighted by molar-refractivity contribution is 9.10. The van der Waals surface area contributed by atoms with Gasteiger partial charge in [-0.15, -0.1) is 11.3 Å². The number of benzene rings is 1. The minimum Gasteiger partial charge on any atom is -0.399 e. The third-order valence-electron chi connectivity index (χ3n) is 2.49. The number of halogens is 1. The fraction of sp³-hybridized carbons (Fsp3) is 0.167. The molecule has 0 atom stereocenters. The number of anilines is 1. The molecular formula is C12H12BrN3OS. The molecule has 1 heterocycles. The largest absolute Gasteiger partial charge is 0.399 e. The van der Waals surface area contributed by atoms with E-state index < -0.39 is 0 Å². The van der Waals surface area contributed by atoms with Crippen molar-refractivity contribution >= 4 is 38.9 Å². The second-order valence-electron chi connectivity index (χ2n) is 3.78. The molecule has 3 N–H and O–H groups in total. The number of carbonyl (C=O) groups is 1. The molecule has 0 radical (unpaired) electrons. The Balaban J connectivity index is 2.08. The number of amides is 1. The highest BCUT2D eigenvalue weighted by Gasteiger charge is 2.11. The minimum atomic E-state index is -0.151. The summed E-state index contributed by atoms with van der Waals surface area (Å²) in [7, 11) is 0. The van der Waals surface area contributed by atoms with Crippen molar-refractivity contribution in [2.24, 2.45) is 0 Å². The standard InChI is InChI=1S/C12H12BrN3OS/c1-7-11(18-6-16-7)5-15-12(17)9-4-8(14)2-3-10(9)13/h2-4,6H,5,14H2,1H3,(H,15,17). The lowest BCUT2D eigenvalue weighted by Crippen LogP contribution is -2.23. The molecule has 1 aromatic heterocycles. The first-order valence-electron chi connectivity index (χ1n) is 5.30. The molecule has 0 aliphatic carbocycles. The van der Waals surface area contributed by atoms with Crippen LogP contribution in [0.1, 0.15) is 20.9 Å². The zero-order chi connectivity index (χ0) is 13.1. The molecule has 0 unspecified atom stereocenters. The van der Waals surface area contributed by atoms with Crippen molar-refractivity contribution in [3.05, 3.63) is 44.3 Å². The van der Waals surface area contributed by atoms with E-state index in [1.54, 1.807) is 23.7 Å². The number of aromatic nitrogens is 1. The summed E-state index contributed by atoms with van der Waals surface area (Å²) in [6.45, 7) is 2.41. The van der Waals surface area contributed by atoms with Crippen molar-refractivity contribution in [3.8, 4) is 0 Å². The summed E-state index contributed by atoms with van der Waals surface area (Å²) in [4.78, 5) is 17.2. The second kappa shape index (κ2) is 5.49. The first kappa shape index (κ1) is 13.0. The van der Waals surface area contributed by atoms with E-state index in [-0.39, 0.29) is 5.91 Å². The third kappa shape index (κ3) is 2.88. The molecule has 2 rings (SSSR count). The fourth-order valence-corrected chi connectivity index (χ4v) is 2.61. The number of hydrogen-bond donors (Lipinski definition) is 2. The molecule has 0 fully saturated rings. The monoisotopic (exact) mass is 325 g/mol. The van der Waals surface area contributed by atoms with Crippen LogP contribution in [-0.4, -0.2) is 10.9 Å². The number of thiazole rings is 1. The van der Waals surface area contributed by atoms with E-state index in [4.69, 9.17) is 5.73 Å². The van der Waals surface area contributed by atoms with Crippen LogP contribution in [0.2, 0.25) is 0 Å². The Morgan fingerprint density at radius 1 is 1.56 bits per heavy atom. The molecule has 6 heteroatoms. The van der Waals surface area contributed by atoms with Gasteiger partial charge in [-0.3, -0.25) is 4.79 Å². The lowest BCUT2D eigenvalue weighted by molar-refractivity contribution is 0.0950. The Labute approximate surface area is 117 Å². The third-order valence-corrected chi connectivity index (χ3v) is 4.12. The van der Waals surface area contributed by atoms with Crippen molar-refractivity contribution in [1.82, 2.24) is 10.3 Å². The molecule has 1 amide bonds. The van der Waals surface area contributed by atoms with Crippen LogP contribution in [0.15, 0.2) is 28.2 Å². The highest BCUT2D eigenvalue weighted by atomic mass is 79.9. The number of nitrogen functional groups attached to an aromatic ring is 1. The van der Waals surface area contributed by atoms with Crippen molar-refractivity contribution in [1.29, 1.82) is 0 Å². The zero-order valence-corrected chi connectivity index (χ0v) is 12.1. The summed E-state index contributed by atoms with van der Waals surface area (Å²) >= 11 is 4.87. The summed E-state index contributed by atoms with van der Waals surface area (Å²) in [5.41, 5.74) is 9.50. The van der Waals surface area contributed by atoms with Crippen LogP contribution in [0.25, 0.3) is 0 Å². The van der Waals surface area contributed by atoms with Gasteiger partial charge in [-0.05, 0) is 41.1 Å². The summed E-state index contributed by atoms with van der Waals surface area (Å²) < 4.78 is 0.732. The van der Waals surface area contributed by atoms with Crippen molar-refractivity contribution in [2.45, 2.75) is 13.5 Å². The van der Waals surface area contributed by atoms with E-state index in [1.165, 1.54) is 11.3 Å². The van der Waals surface area contributed by atoms with Crippen molar-refractivity contribution < 1.29 is 4.79 Å². The molecule has 0 saturated heterocycles. The topological polar surface area (TPSA) is 68.0 Å². The van der Waals surface area contributed by atoms with Crippen LogP contribution in [0.4, 0.5) is 5.69 Å².